The monoisotopic (exact) mass is 276 g/mol. The second kappa shape index (κ2) is 6.76. The van der Waals surface area contributed by atoms with E-state index in [4.69, 9.17) is 0 Å². The van der Waals surface area contributed by atoms with Crippen molar-refractivity contribution in [3.05, 3.63) is 23.9 Å². The Labute approximate surface area is 120 Å². The van der Waals surface area contributed by atoms with Crippen molar-refractivity contribution < 1.29 is 0 Å². The molecule has 1 unspecified atom stereocenters. The number of aromatic nitrogens is 1. The molecule has 1 atom stereocenters. The van der Waals surface area contributed by atoms with Crippen molar-refractivity contribution in [2.75, 3.05) is 6.54 Å². The Balaban J connectivity index is 1.72. The highest BCUT2D eigenvalue weighted by Gasteiger charge is 2.21. The van der Waals surface area contributed by atoms with E-state index in [9.17, 15) is 0 Å². The van der Waals surface area contributed by atoms with Crippen LogP contribution in [0, 0.1) is 0 Å². The van der Waals surface area contributed by atoms with Crippen LogP contribution >= 0.6 is 11.8 Å². The lowest BCUT2D eigenvalue weighted by molar-refractivity contribution is 0.406. The Hall–Kier alpha value is -0.540. The topological polar surface area (TPSA) is 24.9 Å². The molecule has 1 saturated heterocycles. The molecule has 2 fully saturated rings. The third kappa shape index (κ3) is 3.51. The van der Waals surface area contributed by atoms with Gasteiger partial charge in [-0.3, -0.25) is 0 Å². The maximum absolute atomic E-state index is 4.67. The number of nitrogens with zero attached hydrogens (tertiary/aromatic N) is 1. The molecular weight excluding hydrogens is 252 g/mol. The van der Waals surface area contributed by atoms with Crippen molar-refractivity contribution >= 4 is 11.8 Å². The molecule has 1 N–H and O–H groups in total. The Morgan fingerprint density at radius 2 is 1.89 bits per heavy atom. The Bertz CT molecular complexity index is 395. The molecule has 0 spiro atoms. The molecule has 104 valence electrons. The highest BCUT2D eigenvalue weighted by molar-refractivity contribution is 7.99. The largest absolute Gasteiger partial charge is 0.310 e. The molecule has 0 amide bonds. The average Bonchev–Trinajstić information content (AvgIpc) is 2.50. The summed E-state index contributed by atoms with van der Waals surface area (Å²) >= 11 is 2.03. The number of thioether (sulfide) groups is 1. The maximum atomic E-state index is 4.67. The van der Waals surface area contributed by atoms with E-state index in [2.05, 4.69) is 22.4 Å². The first-order valence-electron chi connectivity index (χ1n) is 7.78. The smallest absolute Gasteiger partial charge is 0.101 e. The van der Waals surface area contributed by atoms with Gasteiger partial charge in [0.05, 0.1) is 0 Å². The minimum Gasteiger partial charge on any atom is -0.310 e. The van der Waals surface area contributed by atoms with Crippen molar-refractivity contribution in [1.82, 2.24) is 10.3 Å². The van der Waals surface area contributed by atoms with Gasteiger partial charge in [0, 0.05) is 23.1 Å². The Morgan fingerprint density at radius 3 is 2.68 bits per heavy atom. The van der Waals surface area contributed by atoms with E-state index in [0.717, 1.165) is 11.8 Å². The predicted octanol–water partition coefficient (Wildman–Crippen LogP) is 4.32. The maximum Gasteiger partial charge on any atom is 0.101 e. The van der Waals surface area contributed by atoms with Gasteiger partial charge >= 0.3 is 0 Å². The number of hydrogen-bond donors (Lipinski definition) is 1. The van der Waals surface area contributed by atoms with Gasteiger partial charge < -0.3 is 5.32 Å². The lowest BCUT2D eigenvalue weighted by atomic mass is 9.99. The van der Waals surface area contributed by atoms with Gasteiger partial charge in [-0.1, -0.05) is 31.7 Å². The van der Waals surface area contributed by atoms with Crippen LogP contribution in [0.2, 0.25) is 0 Å². The quantitative estimate of drug-likeness (QED) is 0.890. The molecule has 1 aliphatic heterocycles. The molecule has 3 heteroatoms. The zero-order chi connectivity index (χ0) is 12.9. The van der Waals surface area contributed by atoms with Crippen molar-refractivity contribution in [2.45, 2.75) is 67.7 Å². The summed E-state index contributed by atoms with van der Waals surface area (Å²) < 4.78 is 0. The Kier molecular flexibility index (Phi) is 4.78. The van der Waals surface area contributed by atoms with Crippen molar-refractivity contribution in [2.24, 2.45) is 0 Å². The van der Waals surface area contributed by atoms with Gasteiger partial charge in [0.25, 0.3) is 0 Å². The highest BCUT2D eigenvalue weighted by Crippen LogP contribution is 2.37. The molecule has 0 radical (unpaired) electrons. The van der Waals surface area contributed by atoms with E-state index < -0.39 is 0 Å². The summed E-state index contributed by atoms with van der Waals surface area (Å²) in [7, 11) is 0. The molecule has 3 rings (SSSR count). The summed E-state index contributed by atoms with van der Waals surface area (Å²) in [4.78, 5) is 4.67. The fourth-order valence-corrected chi connectivity index (χ4v) is 4.58. The van der Waals surface area contributed by atoms with Crippen LogP contribution in [0.5, 0.6) is 0 Å². The van der Waals surface area contributed by atoms with Gasteiger partial charge in [-0.25, -0.2) is 4.98 Å². The number of hydrogen-bond acceptors (Lipinski definition) is 3. The van der Waals surface area contributed by atoms with Crippen LogP contribution in [0.4, 0.5) is 0 Å². The average molecular weight is 276 g/mol. The second-order valence-corrected chi connectivity index (χ2v) is 7.07. The molecule has 1 aromatic heterocycles. The van der Waals surface area contributed by atoms with Crippen molar-refractivity contribution in [1.29, 1.82) is 0 Å². The fourth-order valence-electron chi connectivity index (χ4n) is 3.23. The summed E-state index contributed by atoms with van der Waals surface area (Å²) in [5.74, 6) is 0. The molecule has 0 aromatic carbocycles. The zero-order valence-corrected chi connectivity index (χ0v) is 12.4. The number of nitrogens with one attached hydrogen (secondary N) is 1. The van der Waals surface area contributed by atoms with Gasteiger partial charge in [-0.15, -0.1) is 11.8 Å². The van der Waals surface area contributed by atoms with Crippen molar-refractivity contribution in [3.63, 3.8) is 0 Å². The van der Waals surface area contributed by atoms with Gasteiger partial charge in [-0.2, -0.15) is 0 Å². The number of pyridine rings is 1. The summed E-state index contributed by atoms with van der Waals surface area (Å²) in [6.07, 6.45) is 12.9. The first kappa shape index (κ1) is 13.4. The molecule has 1 aliphatic carbocycles. The lowest BCUT2D eigenvalue weighted by Gasteiger charge is -2.27. The van der Waals surface area contributed by atoms with Gasteiger partial charge in [0.15, 0.2) is 0 Å². The first-order valence-corrected chi connectivity index (χ1v) is 8.66. The van der Waals surface area contributed by atoms with E-state index >= 15 is 0 Å². The normalized spacial score (nSPS) is 25.4. The van der Waals surface area contributed by atoms with Crippen LogP contribution in [-0.4, -0.2) is 16.8 Å². The number of piperidine rings is 1. The van der Waals surface area contributed by atoms with Gasteiger partial charge in [0.1, 0.15) is 5.03 Å². The molecule has 19 heavy (non-hydrogen) atoms. The molecule has 2 heterocycles. The van der Waals surface area contributed by atoms with Crippen LogP contribution in [0.15, 0.2) is 23.4 Å². The minimum atomic E-state index is 0.536. The predicted molar refractivity (Wildman–Crippen MR) is 81.6 cm³/mol. The molecule has 2 aliphatic rings. The fraction of sp³-hybridized carbons (Fsp3) is 0.688. The van der Waals surface area contributed by atoms with E-state index in [1.807, 2.05) is 18.0 Å². The van der Waals surface area contributed by atoms with E-state index in [1.54, 1.807) is 0 Å². The zero-order valence-electron chi connectivity index (χ0n) is 11.6. The van der Waals surface area contributed by atoms with E-state index in [-0.39, 0.29) is 0 Å². The SMILES string of the molecule is c1cnc(SC2CCCCC2)c(C2CCCCN2)c1. The number of rotatable bonds is 3. The summed E-state index contributed by atoms with van der Waals surface area (Å²) in [5, 5.41) is 5.74. The first-order chi connectivity index (χ1) is 9.43. The van der Waals surface area contributed by atoms with Crippen molar-refractivity contribution in [3.8, 4) is 0 Å². The molecule has 2 nitrogen and oxygen atoms in total. The van der Waals surface area contributed by atoms with Gasteiger partial charge in [0.2, 0.25) is 0 Å². The molecule has 0 bridgehead atoms. The molecule has 1 aromatic rings. The van der Waals surface area contributed by atoms with E-state index in [1.165, 1.54) is 62.0 Å². The summed E-state index contributed by atoms with van der Waals surface area (Å²) in [6, 6.07) is 4.91. The van der Waals surface area contributed by atoms with Crippen LogP contribution in [-0.2, 0) is 0 Å². The summed E-state index contributed by atoms with van der Waals surface area (Å²) in [6.45, 7) is 1.16. The standard InChI is InChI=1S/C16H24N2S/c1-2-7-13(8-3-1)19-16-14(9-6-12-18-16)15-10-4-5-11-17-15/h6,9,12-13,15,17H,1-5,7-8,10-11H2. The van der Waals surface area contributed by atoms with Crippen LogP contribution < -0.4 is 5.32 Å². The molecule has 1 saturated carbocycles. The highest BCUT2D eigenvalue weighted by atomic mass is 32.2. The lowest BCUT2D eigenvalue weighted by Crippen LogP contribution is -2.27. The molecular formula is C16H24N2S. The summed E-state index contributed by atoms with van der Waals surface area (Å²) in [5.41, 5.74) is 1.44. The third-order valence-electron chi connectivity index (χ3n) is 4.32. The van der Waals surface area contributed by atoms with Gasteiger partial charge in [-0.05, 0) is 38.3 Å². The minimum absolute atomic E-state index is 0.536. The Morgan fingerprint density at radius 1 is 1.05 bits per heavy atom. The second-order valence-electron chi connectivity index (χ2n) is 5.78. The third-order valence-corrected chi connectivity index (χ3v) is 5.69. The van der Waals surface area contributed by atoms with Crippen LogP contribution in [0.25, 0.3) is 0 Å². The van der Waals surface area contributed by atoms with Crippen LogP contribution in [0.1, 0.15) is 63.0 Å². The van der Waals surface area contributed by atoms with Crippen LogP contribution in [0.3, 0.4) is 0 Å². The van der Waals surface area contributed by atoms with E-state index in [0.29, 0.717) is 6.04 Å².